The molecular weight excluding hydrogens is 518 g/mol. The van der Waals surface area contributed by atoms with Crippen LogP contribution in [0, 0.1) is 0 Å². The maximum absolute atomic E-state index is 11.8. The van der Waals surface area contributed by atoms with Gasteiger partial charge in [0.15, 0.2) is 0 Å². The van der Waals surface area contributed by atoms with Gasteiger partial charge in [-0.1, -0.05) is 6.92 Å². The van der Waals surface area contributed by atoms with Gasteiger partial charge in [0.2, 0.25) is 29.5 Å². The van der Waals surface area contributed by atoms with E-state index in [9.17, 15) is 28.8 Å². The van der Waals surface area contributed by atoms with E-state index in [1.807, 2.05) is 6.92 Å². The van der Waals surface area contributed by atoms with E-state index < -0.39 is 23.6 Å². The molecule has 5 amide bonds. The molecule has 0 aliphatic carbocycles. The molecule has 0 fully saturated rings. The first-order valence-electron chi connectivity index (χ1n) is 12.9. The summed E-state index contributed by atoms with van der Waals surface area (Å²) in [5, 5.41) is 12.1. The molecular formula is C24H43N5O10. The minimum absolute atomic E-state index is 0.0249. The number of hydrogen-bond donors (Lipinski definition) is 5. The molecule has 0 bridgehead atoms. The summed E-state index contributed by atoms with van der Waals surface area (Å²) >= 11 is 0. The van der Waals surface area contributed by atoms with Crippen LogP contribution in [0.25, 0.3) is 0 Å². The van der Waals surface area contributed by atoms with Crippen molar-refractivity contribution in [3.05, 3.63) is 0 Å². The summed E-state index contributed by atoms with van der Waals surface area (Å²) in [7, 11) is 0. The Kier molecular flexibility index (Phi) is 23.1. The van der Waals surface area contributed by atoms with Crippen molar-refractivity contribution in [2.45, 2.75) is 33.1 Å². The van der Waals surface area contributed by atoms with E-state index in [-0.39, 0.29) is 50.9 Å². The maximum Gasteiger partial charge on any atom is 0.239 e. The van der Waals surface area contributed by atoms with Crippen LogP contribution in [0.3, 0.4) is 0 Å². The lowest BCUT2D eigenvalue weighted by atomic mass is 10.3. The number of nitrogens with one attached hydrogen (secondary N) is 5. The van der Waals surface area contributed by atoms with Crippen LogP contribution in [0.2, 0.25) is 0 Å². The minimum atomic E-state index is -0.593. The number of carbonyl (C=O) groups excluding carboxylic acids is 6. The van der Waals surface area contributed by atoms with Crippen molar-refractivity contribution in [1.29, 1.82) is 0 Å². The molecule has 0 aromatic rings. The van der Waals surface area contributed by atoms with Gasteiger partial charge < -0.3 is 45.5 Å². The molecule has 224 valence electrons. The Labute approximate surface area is 228 Å². The van der Waals surface area contributed by atoms with Gasteiger partial charge in [0.25, 0.3) is 0 Å². The lowest BCUT2D eigenvalue weighted by molar-refractivity contribution is -0.129. The fourth-order valence-corrected chi connectivity index (χ4v) is 2.54. The van der Waals surface area contributed by atoms with Gasteiger partial charge in [-0.05, 0) is 13.3 Å². The molecule has 0 aliphatic rings. The number of ether oxygens (including phenoxy) is 4. The predicted molar refractivity (Wildman–Crippen MR) is 139 cm³/mol. The number of amides is 5. The summed E-state index contributed by atoms with van der Waals surface area (Å²) in [5.74, 6) is -2.28. The first-order valence-corrected chi connectivity index (χ1v) is 12.9. The van der Waals surface area contributed by atoms with E-state index >= 15 is 0 Å². The second kappa shape index (κ2) is 25.2. The first-order chi connectivity index (χ1) is 18.7. The van der Waals surface area contributed by atoms with E-state index in [0.29, 0.717) is 59.2 Å². The van der Waals surface area contributed by atoms with Gasteiger partial charge in [-0.25, -0.2) is 0 Å². The smallest absolute Gasteiger partial charge is 0.239 e. The molecule has 15 heteroatoms. The Balaban J connectivity index is 3.48. The average molecular weight is 562 g/mol. The lowest BCUT2D eigenvalue weighted by Gasteiger charge is -2.09. The number of rotatable bonds is 25. The Morgan fingerprint density at radius 1 is 0.462 bits per heavy atom. The van der Waals surface area contributed by atoms with Crippen LogP contribution in [-0.4, -0.2) is 121 Å². The third kappa shape index (κ3) is 26.3. The van der Waals surface area contributed by atoms with E-state index in [1.165, 1.54) is 6.92 Å². The molecule has 0 aromatic carbocycles. The van der Waals surface area contributed by atoms with Crippen LogP contribution in [-0.2, 0) is 47.7 Å². The molecule has 0 atom stereocenters. The topological polar surface area (TPSA) is 199 Å². The van der Waals surface area contributed by atoms with Crippen LogP contribution >= 0.6 is 0 Å². The van der Waals surface area contributed by atoms with Gasteiger partial charge in [-0.15, -0.1) is 0 Å². The van der Waals surface area contributed by atoms with Crippen molar-refractivity contribution in [3.8, 4) is 0 Å². The second-order valence-corrected chi connectivity index (χ2v) is 8.11. The van der Waals surface area contributed by atoms with E-state index in [4.69, 9.17) is 18.9 Å². The van der Waals surface area contributed by atoms with Crippen LogP contribution in [0.1, 0.15) is 33.1 Å². The molecule has 0 rings (SSSR count). The molecule has 0 aromatic heterocycles. The van der Waals surface area contributed by atoms with Crippen molar-refractivity contribution >= 4 is 35.3 Å². The molecule has 15 nitrogen and oxygen atoms in total. The summed E-state index contributed by atoms with van der Waals surface area (Å²) in [4.78, 5) is 68.5. The number of carbonyl (C=O) groups is 6. The SMILES string of the molecule is CCCC(=O)NCCOCCOCCOCCOCCC(=O)NCC(=O)NCC(=O)NCC(=O)NCC(C)=O. The minimum Gasteiger partial charge on any atom is -0.379 e. The van der Waals surface area contributed by atoms with Crippen molar-refractivity contribution in [2.24, 2.45) is 0 Å². The van der Waals surface area contributed by atoms with Gasteiger partial charge in [0, 0.05) is 19.4 Å². The van der Waals surface area contributed by atoms with Crippen molar-refractivity contribution < 1.29 is 47.7 Å². The van der Waals surface area contributed by atoms with E-state index in [1.54, 1.807) is 0 Å². The van der Waals surface area contributed by atoms with E-state index in [0.717, 1.165) is 6.42 Å². The van der Waals surface area contributed by atoms with Crippen molar-refractivity contribution in [1.82, 2.24) is 26.6 Å². The Morgan fingerprint density at radius 2 is 0.846 bits per heavy atom. The molecule has 39 heavy (non-hydrogen) atoms. The third-order valence-corrected chi connectivity index (χ3v) is 4.51. The van der Waals surface area contributed by atoms with Gasteiger partial charge in [0.05, 0.1) is 79.0 Å². The largest absolute Gasteiger partial charge is 0.379 e. The summed E-state index contributed by atoms with van der Waals surface area (Å²) in [6.07, 6.45) is 1.39. The number of Topliss-reactive ketones (excluding diaryl/α,β-unsaturated/α-hetero) is 1. The molecule has 0 radical (unpaired) electrons. The van der Waals surface area contributed by atoms with Crippen LogP contribution in [0.15, 0.2) is 0 Å². The number of hydrogen-bond acceptors (Lipinski definition) is 10. The molecule has 0 saturated carbocycles. The highest BCUT2D eigenvalue weighted by atomic mass is 16.6. The standard InChI is InChI=1S/C24H43N5O10/c1-3-4-20(31)25-6-8-37-10-12-39-14-13-38-11-9-36-7-5-21(32)27-16-23(34)29-18-24(35)28-17-22(33)26-15-19(2)30/h3-18H2,1-2H3,(H,25,31)(H,26,33)(H,27,32)(H,28,35)(H,29,34). The van der Waals surface area contributed by atoms with Crippen LogP contribution < -0.4 is 26.6 Å². The summed E-state index contributed by atoms with van der Waals surface area (Å²) in [6, 6.07) is 0. The van der Waals surface area contributed by atoms with E-state index in [2.05, 4.69) is 26.6 Å². The molecule has 0 heterocycles. The first kappa shape index (κ1) is 35.9. The van der Waals surface area contributed by atoms with Crippen molar-refractivity contribution in [3.63, 3.8) is 0 Å². The van der Waals surface area contributed by atoms with Gasteiger partial charge in [-0.3, -0.25) is 28.8 Å². The Bertz CT molecular complexity index is 751. The summed E-state index contributed by atoms with van der Waals surface area (Å²) in [6.45, 7) is 5.47. The zero-order valence-electron chi connectivity index (χ0n) is 22.9. The highest BCUT2D eigenvalue weighted by Crippen LogP contribution is 1.87. The fourth-order valence-electron chi connectivity index (χ4n) is 2.54. The zero-order valence-corrected chi connectivity index (χ0v) is 22.9. The fraction of sp³-hybridized carbons (Fsp3) is 0.750. The molecule has 0 aliphatic heterocycles. The average Bonchev–Trinajstić information content (AvgIpc) is 2.90. The molecule has 0 saturated heterocycles. The monoisotopic (exact) mass is 561 g/mol. The quantitative estimate of drug-likeness (QED) is 0.0737. The normalized spacial score (nSPS) is 10.4. The van der Waals surface area contributed by atoms with Gasteiger partial charge in [-0.2, -0.15) is 0 Å². The predicted octanol–water partition coefficient (Wildman–Crippen LogP) is -2.59. The number of ketones is 1. The Morgan fingerprint density at radius 3 is 1.31 bits per heavy atom. The maximum atomic E-state index is 11.8. The molecule has 0 spiro atoms. The Hall–Kier alpha value is -3.14. The summed E-state index contributed by atoms with van der Waals surface area (Å²) < 4.78 is 21.4. The highest BCUT2D eigenvalue weighted by Gasteiger charge is 2.09. The molecule has 0 unspecified atom stereocenters. The zero-order chi connectivity index (χ0) is 29.1. The molecule has 5 N–H and O–H groups in total. The third-order valence-electron chi connectivity index (χ3n) is 4.51. The van der Waals surface area contributed by atoms with Gasteiger partial charge in [0.1, 0.15) is 5.78 Å². The lowest BCUT2D eigenvalue weighted by Crippen LogP contribution is -2.44. The highest BCUT2D eigenvalue weighted by molar-refractivity contribution is 5.91. The van der Waals surface area contributed by atoms with Crippen LogP contribution in [0.5, 0.6) is 0 Å². The second-order valence-electron chi connectivity index (χ2n) is 8.11. The van der Waals surface area contributed by atoms with Crippen LogP contribution in [0.4, 0.5) is 0 Å². The van der Waals surface area contributed by atoms with Crippen molar-refractivity contribution in [2.75, 3.05) is 85.6 Å². The van der Waals surface area contributed by atoms with Gasteiger partial charge >= 0.3 is 0 Å². The summed E-state index contributed by atoms with van der Waals surface area (Å²) in [5.41, 5.74) is 0.